The smallest absolute Gasteiger partial charge is 0.222 e. The van der Waals surface area contributed by atoms with Crippen molar-refractivity contribution in [2.45, 2.75) is 38.8 Å². The molecule has 0 saturated carbocycles. The van der Waals surface area contributed by atoms with Gasteiger partial charge in [-0.3, -0.25) is 9.78 Å². The maximum Gasteiger partial charge on any atom is 0.222 e. The van der Waals surface area contributed by atoms with Gasteiger partial charge >= 0.3 is 0 Å². The number of ether oxygens (including phenoxy) is 1. The minimum atomic E-state index is 0.222. The molecule has 20 heavy (non-hydrogen) atoms. The lowest BCUT2D eigenvalue weighted by molar-refractivity contribution is -0.133. The molecule has 1 aliphatic rings. The van der Waals surface area contributed by atoms with Crippen LogP contribution in [0.5, 0.6) is 5.75 Å². The number of nitrogens with one attached hydrogen (secondary N) is 1. The zero-order valence-electron chi connectivity index (χ0n) is 12.2. The summed E-state index contributed by atoms with van der Waals surface area (Å²) in [7, 11) is 0. The van der Waals surface area contributed by atoms with Crippen LogP contribution in [0, 0.1) is 0 Å². The lowest BCUT2D eigenvalue weighted by Crippen LogP contribution is -2.55. The summed E-state index contributed by atoms with van der Waals surface area (Å²) in [6, 6.07) is 4.45. The van der Waals surface area contributed by atoms with E-state index in [-0.39, 0.29) is 5.91 Å². The van der Waals surface area contributed by atoms with Crippen LogP contribution in [-0.2, 0) is 4.79 Å². The van der Waals surface area contributed by atoms with Crippen molar-refractivity contribution in [2.75, 3.05) is 19.7 Å². The van der Waals surface area contributed by atoms with Crippen molar-refractivity contribution < 1.29 is 9.53 Å². The molecule has 1 aromatic heterocycles. The molecule has 0 bridgehead atoms. The number of pyridine rings is 1. The van der Waals surface area contributed by atoms with Crippen LogP contribution in [-0.4, -0.2) is 47.6 Å². The van der Waals surface area contributed by atoms with Gasteiger partial charge in [0.1, 0.15) is 5.75 Å². The second-order valence-electron chi connectivity index (χ2n) is 5.41. The topological polar surface area (TPSA) is 54.5 Å². The van der Waals surface area contributed by atoms with Crippen LogP contribution in [0.4, 0.5) is 0 Å². The molecular formula is C15H23N3O2. The summed E-state index contributed by atoms with van der Waals surface area (Å²) in [6.45, 7) is 6.37. The molecule has 0 radical (unpaired) electrons. The van der Waals surface area contributed by atoms with Gasteiger partial charge in [-0.05, 0) is 32.4 Å². The van der Waals surface area contributed by atoms with Gasteiger partial charge in [-0.25, -0.2) is 0 Å². The second-order valence-corrected chi connectivity index (χ2v) is 5.41. The molecule has 2 atom stereocenters. The standard InChI is InChI=1S/C15H23N3O2/c1-12-10-18(11-13(2)17-12)15(19)6-4-8-20-14-5-3-7-16-9-14/h3,5,7,9,12-13,17H,4,6,8,10-11H2,1-2H3/t12-,13-/m1/s1. The highest BCUT2D eigenvalue weighted by molar-refractivity contribution is 5.76. The highest BCUT2D eigenvalue weighted by Crippen LogP contribution is 2.09. The third kappa shape index (κ3) is 4.49. The van der Waals surface area contributed by atoms with Gasteiger partial charge in [-0.2, -0.15) is 0 Å². The van der Waals surface area contributed by atoms with E-state index >= 15 is 0 Å². The number of amides is 1. The van der Waals surface area contributed by atoms with Crippen molar-refractivity contribution in [1.82, 2.24) is 15.2 Å². The Hall–Kier alpha value is -1.62. The predicted octanol–water partition coefficient (Wildman–Crippen LogP) is 1.45. The van der Waals surface area contributed by atoms with E-state index in [4.69, 9.17) is 4.74 Å². The van der Waals surface area contributed by atoms with Crippen molar-refractivity contribution in [3.05, 3.63) is 24.5 Å². The Labute approximate surface area is 120 Å². The van der Waals surface area contributed by atoms with E-state index in [1.54, 1.807) is 12.4 Å². The highest BCUT2D eigenvalue weighted by Gasteiger charge is 2.24. The van der Waals surface area contributed by atoms with Gasteiger partial charge in [0.25, 0.3) is 0 Å². The highest BCUT2D eigenvalue weighted by atomic mass is 16.5. The zero-order chi connectivity index (χ0) is 14.4. The summed E-state index contributed by atoms with van der Waals surface area (Å²) < 4.78 is 5.54. The van der Waals surface area contributed by atoms with Gasteiger partial charge in [0.2, 0.25) is 5.91 Å². The Kier molecular flexibility index (Phi) is 5.35. The number of hydrogen-bond donors (Lipinski definition) is 1. The summed E-state index contributed by atoms with van der Waals surface area (Å²) in [4.78, 5) is 18.1. The first-order chi connectivity index (χ1) is 9.65. The predicted molar refractivity (Wildman–Crippen MR) is 77.6 cm³/mol. The van der Waals surface area contributed by atoms with Crippen LogP contribution < -0.4 is 10.1 Å². The van der Waals surface area contributed by atoms with Gasteiger partial charge in [0, 0.05) is 37.8 Å². The fourth-order valence-corrected chi connectivity index (χ4v) is 2.53. The number of carbonyl (C=O) groups is 1. The summed E-state index contributed by atoms with van der Waals surface area (Å²) >= 11 is 0. The molecule has 5 nitrogen and oxygen atoms in total. The average molecular weight is 277 g/mol. The Morgan fingerprint density at radius 2 is 2.20 bits per heavy atom. The van der Waals surface area contributed by atoms with E-state index in [2.05, 4.69) is 24.1 Å². The third-order valence-electron chi connectivity index (χ3n) is 3.35. The lowest BCUT2D eigenvalue weighted by Gasteiger charge is -2.36. The summed E-state index contributed by atoms with van der Waals surface area (Å²) in [6.07, 6.45) is 4.67. The zero-order valence-corrected chi connectivity index (χ0v) is 12.2. The Morgan fingerprint density at radius 1 is 1.45 bits per heavy atom. The SMILES string of the molecule is C[C@@H]1CN(C(=O)CCCOc2cccnc2)C[C@@H](C)N1. The Morgan fingerprint density at radius 3 is 2.85 bits per heavy atom. The fourth-order valence-electron chi connectivity index (χ4n) is 2.53. The molecule has 1 N–H and O–H groups in total. The minimum absolute atomic E-state index is 0.222. The molecule has 110 valence electrons. The van der Waals surface area contributed by atoms with Gasteiger partial charge < -0.3 is 15.0 Å². The Bertz CT molecular complexity index is 414. The minimum Gasteiger partial charge on any atom is -0.492 e. The molecule has 1 aliphatic heterocycles. The monoisotopic (exact) mass is 277 g/mol. The molecule has 2 rings (SSSR count). The van der Waals surface area contributed by atoms with Gasteiger partial charge in [-0.15, -0.1) is 0 Å². The molecule has 1 amide bonds. The first-order valence-corrected chi connectivity index (χ1v) is 7.22. The van der Waals surface area contributed by atoms with Crippen molar-refractivity contribution in [2.24, 2.45) is 0 Å². The number of aromatic nitrogens is 1. The van der Waals surface area contributed by atoms with Gasteiger partial charge in [-0.1, -0.05) is 0 Å². The third-order valence-corrected chi connectivity index (χ3v) is 3.35. The molecule has 0 spiro atoms. The van der Waals surface area contributed by atoms with E-state index < -0.39 is 0 Å². The molecule has 5 heteroatoms. The van der Waals surface area contributed by atoms with Crippen LogP contribution in [0.15, 0.2) is 24.5 Å². The molecule has 1 aromatic rings. The number of hydrogen-bond acceptors (Lipinski definition) is 4. The normalized spacial score (nSPS) is 22.6. The molecule has 0 unspecified atom stereocenters. The fraction of sp³-hybridized carbons (Fsp3) is 0.600. The van der Waals surface area contributed by atoms with Crippen LogP contribution in [0.1, 0.15) is 26.7 Å². The average Bonchev–Trinajstić information content (AvgIpc) is 2.43. The number of carbonyl (C=O) groups excluding carboxylic acids is 1. The van der Waals surface area contributed by atoms with Crippen LogP contribution in [0.25, 0.3) is 0 Å². The number of nitrogens with zero attached hydrogens (tertiary/aromatic N) is 2. The van der Waals surface area contributed by atoms with Crippen LogP contribution in [0.3, 0.4) is 0 Å². The van der Waals surface area contributed by atoms with Crippen molar-refractivity contribution in [1.29, 1.82) is 0 Å². The summed E-state index contributed by atoms with van der Waals surface area (Å²) in [5.41, 5.74) is 0. The molecule has 2 heterocycles. The second kappa shape index (κ2) is 7.24. The van der Waals surface area contributed by atoms with Gasteiger partial charge in [0.15, 0.2) is 0 Å². The molecular weight excluding hydrogens is 254 g/mol. The lowest BCUT2D eigenvalue weighted by atomic mass is 10.1. The summed E-state index contributed by atoms with van der Waals surface area (Å²) in [5.74, 6) is 0.976. The molecule has 1 saturated heterocycles. The van der Waals surface area contributed by atoms with Crippen LogP contribution in [0.2, 0.25) is 0 Å². The van der Waals surface area contributed by atoms with E-state index in [1.807, 2.05) is 17.0 Å². The number of piperazine rings is 1. The van der Waals surface area contributed by atoms with Gasteiger partial charge in [0.05, 0.1) is 12.8 Å². The first kappa shape index (κ1) is 14.8. The number of rotatable bonds is 5. The molecule has 1 fully saturated rings. The largest absolute Gasteiger partial charge is 0.492 e. The maximum atomic E-state index is 12.1. The van der Waals surface area contributed by atoms with E-state index in [0.29, 0.717) is 25.1 Å². The maximum absolute atomic E-state index is 12.1. The molecule has 0 aromatic carbocycles. The quantitative estimate of drug-likeness (QED) is 0.828. The van der Waals surface area contributed by atoms with E-state index in [9.17, 15) is 4.79 Å². The summed E-state index contributed by atoms with van der Waals surface area (Å²) in [5, 5.41) is 3.43. The van der Waals surface area contributed by atoms with Crippen molar-refractivity contribution in [3.63, 3.8) is 0 Å². The van der Waals surface area contributed by atoms with Crippen molar-refractivity contribution in [3.8, 4) is 5.75 Å². The van der Waals surface area contributed by atoms with Crippen molar-refractivity contribution >= 4 is 5.91 Å². The van der Waals surface area contributed by atoms with E-state index in [0.717, 1.165) is 25.3 Å². The van der Waals surface area contributed by atoms with Crippen LogP contribution >= 0.6 is 0 Å². The van der Waals surface area contributed by atoms with E-state index in [1.165, 1.54) is 0 Å². The molecule has 0 aliphatic carbocycles. The first-order valence-electron chi connectivity index (χ1n) is 7.22. The Balaban J connectivity index is 1.67.